The fourth-order valence-electron chi connectivity index (χ4n) is 5.11. The number of halogens is 1. The van der Waals surface area contributed by atoms with Crippen molar-refractivity contribution in [3.63, 3.8) is 0 Å². The minimum absolute atomic E-state index is 0.111. The van der Waals surface area contributed by atoms with Crippen molar-refractivity contribution < 1.29 is 9.90 Å². The maximum absolute atomic E-state index is 13.1. The first-order chi connectivity index (χ1) is 14.7. The van der Waals surface area contributed by atoms with Gasteiger partial charge in [-0.25, -0.2) is 0 Å². The van der Waals surface area contributed by atoms with Gasteiger partial charge in [0.05, 0.1) is 12.1 Å². The summed E-state index contributed by atoms with van der Waals surface area (Å²) >= 11 is 5.94. The van der Waals surface area contributed by atoms with Crippen LogP contribution >= 0.6 is 11.6 Å². The lowest BCUT2D eigenvalue weighted by atomic mass is 9.72. The second kappa shape index (κ2) is 11.1. The highest BCUT2D eigenvalue weighted by Gasteiger charge is 2.40. The monoisotopic (exact) mass is 449 g/mol. The molecule has 0 bridgehead atoms. The number of hydrogen-bond acceptors (Lipinski definition) is 4. The van der Waals surface area contributed by atoms with Gasteiger partial charge in [-0.1, -0.05) is 43.0 Å². The Hall–Kier alpha value is -1.14. The highest BCUT2D eigenvalue weighted by molar-refractivity contribution is 6.30. The number of carbonyl (C=O) groups is 1. The number of aliphatic hydroxyl groups is 1. The summed E-state index contributed by atoms with van der Waals surface area (Å²) in [5, 5.41) is 18.0. The van der Waals surface area contributed by atoms with Crippen LogP contribution in [0.3, 0.4) is 0 Å². The summed E-state index contributed by atoms with van der Waals surface area (Å²) in [6.45, 7) is 8.89. The molecule has 1 heterocycles. The number of fused-ring (bicyclic) bond motifs is 1. The summed E-state index contributed by atoms with van der Waals surface area (Å²) < 4.78 is 0. The average Bonchev–Trinajstić information content (AvgIpc) is 2.70. The molecule has 0 radical (unpaired) electrons. The molecule has 2 fully saturated rings. The quantitative estimate of drug-likeness (QED) is 0.530. The lowest BCUT2D eigenvalue weighted by molar-refractivity contribution is -0.132. The van der Waals surface area contributed by atoms with E-state index in [1.165, 1.54) is 31.2 Å². The Kier molecular flexibility index (Phi) is 8.80. The molecule has 1 saturated carbocycles. The molecule has 4 atom stereocenters. The van der Waals surface area contributed by atoms with Crippen LogP contribution in [-0.4, -0.2) is 59.8 Å². The number of nitrogens with one attached hydrogen (secondary N) is 2. The Morgan fingerprint density at radius 3 is 2.55 bits per heavy atom. The van der Waals surface area contributed by atoms with Gasteiger partial charge in [-0.05, 0) is 76.1 Å². The Balaban J connectivity index is 1.51. The van der Waals surface area contributed by atoms with Crippen molar-refractivity contribution in [1.29, 1.82) is 0 Å². The Bertz CT molecular complexity index is 704. The molecule has 1 aliphatic heterocycles. The van der Waals surface area contributed by atoms with Gasteiger partial charge in [-0.2, -0.15) is 0 Å². The summed E-state index contributed by atoms with van der Waals surface area (Å²) in [5.41, 5.74) is 0.984. The summed E-state index contributed by atoms with van der Waals surface area (Å²) in [6, 6.07) is 7.75. The fraction of sp³-hybridized carbons (Fsp3) is 0.720. The molecule has 1 aliphatic carbocycles. The molecular formula is C25H40ClN3O2. The van der Waals surface area contributed by atoms with Gasteiger partial charge in [0.15, 0.2) is 0 Å². The second-order valence-corrected chi connectivity index (χ2v) is 10.9. The van der Waals surface area contributed by atoms with Gasteiger partial charge in [0, 0.05) is 30.2 Å². The number of rotatable bonds is 8. The maximum atomic E-state index is 13.1. The number of aliphatic hydroxyl groups excluding tert-OH is 1. The molecule has 5 nitrogen and oxygen atoms in total. The fourth-order valence-corrected chi connectivity index (χ4v) is 5.24. The van der Waals surface area contributed by atoms with Gasteiger partial charge in [0.1, 0.15) is 0 Å². The highest BCUT2D eigenvalue weighted by Crippen LogP contribution is 2.38. The van der Waals surface area contributed by atoms with E-state index in [-0.39, 0.29) is 17.5 Å². The van der Waals surface area contributed by atoms with Crippen molar-refractivity contribution in [3.8, 4) is 0 Å². The van der Waals surface area contributed by atoms with Crippen molar-refractivity contribution in [2.45, 2.75) is 77.0 Å². The van der Waals surface area contributed by atoms with E-state index in [9.17, 15) is 9.90 Å². The number of β-amino-alcohol motifs (C(OH)–C–C–N with tert-alkyl or cyclic N) is 1. The van der Waals surface area contributed by atoms with E-state index in [0.717, 1.165) is 31.0 Å². The average molecular weight is 450 g/mol. The van der Waals surface area contributed by atoms with E-state index in [2.05, 4.69) is 15.5 Å². The lowest BCUT2D eigenvalue weighted by Crippen LogP contribution is -2.59. The maximum Gasteiger partial charge on any atom is 0.237 e. The molecule has 2 aliphatic rings. The molecule has 0 aromatic heterocycles. The summed E-state index contributed by atoms with van der Waals surface area (Å²) in [7, 11) is 0. The third-order valence-corrected chi connectivity index (χ3v) is 6.88. The number of nitrogens with zero attached hydrogens (tertiary/aromatic N) is 1. The first-order valence-electron chi connectivity index (χ1n) is 11.9. The van der Waals surface area contributed by atoms with E-state index in [0.29, 0.717) is 24.9 Å². The molecule has 6 heteroatoms. The molecule has 0 spiro atoms. The van der Waals surface area contributed by atoms with E-state index >= 15 is 0 Å². The number of likely N-dealkylation sites (tertiary alicyclic amines) is 1. The molecular weight excluding hydrogens is 410 g/mol. The third-order valence-electron chi connectivity index (χ3n) is 6.63. The zero-order valence-corrected chi connectivity index (χ0v) is 20.1. The molecule has 31 heavy (non-hydrogen) atoms. The normalized spacial score (nSPS) is 25.6. The third kappa shape index (κ3) is 7.74. The minimum Gasteiger partial charge on any atom is -0.390 e. The zero-order chi connectivity index (χ0) is 22.4. The Labute approximate surface area is 192 Å². The van der Waals surface area contributed by atoms with Crippen LogP contribution in [-0.2, 0) is 11.2 Å². The predicted molar refractivity (Wildman–Crippen MR) is 127 cm³/mol. The standard InChI is InChI=1S/C25H40ClN3O2/c1-25(2,3)28-24(31)23-14-19-6-4-5-7-20(19)16-29(23)17-22(30)15-27-13-12-18-8-10-21(26)11-9-18/h8-11,19-20,22-23,27,30H,4-7,12-17H2,1-3H3,(H,28,31)/t19-,20+,22+,23-/m0/s1. The topological polar surface area (TPSA) is 64.6 Å². The summed E-state index contributed by atoms with van der Waals surface area (Å²) in [6.07, 6.45) is 6.40. The highest BCUT2D eigenvalue weighted by atomic mass is 35.5. The Morgan fingerprint density at radius 1 is 1.19 bits per heavy atom. The molecule has 174 valence electrons. The Morgan fingerprint density at radius 2 is 1.87 bits per heavy atom. The molecule has 1 aromatic carbocycles. The van der Waals surface area contributed by atoms with Gasteiger partial charge in [-0.3, -0.25) is 9.69 Å². The van der Waals surface area contributed by atoms with E-state index in [1.807, 2.05) is 45.0 Å². The zero-order valence-electron chi connectivity index (χ0n) is 19.4. The second-order valence-electron chi connectivity index (χ2n) is 10.5. The largest absolute Gasteiger partial charge is 0.390 e. The molecule has 1 aromatic rings. The van der Waals surface area contributed by atoms with Crippen molar-refractivity contribution in [1.82, 2.24) is 15.5 Å². The van der Waals surface area contributed by atoms with Crippen LogP contribution in [0.2, 0.25) is 5.02 Å². The summed E-state index contributed by atoms with van der Waals surface area (Å²) in [4.78, 5) is 15.3. The molecule has 1 saturated heterocycles. The van der Waals surface area contributed by atoms with E-state index in [1.54, 1.807) is 0 Å². The number of hydrogen-bond donors (Lipinski definition) is 3. The van der Waals surface area contributed by atoms with Crippen LogP contribution < -0.4 is 10.6 Å². The number of carbonyl (C=O) groups excluding carboxylic acids is 1. The smallest absolute Gasteiger partial charge is 0.237 e. The molecule has 0 unspecified atom stereocenters. The first-order valence-corrected chi connectivity index (χ1v) is 12.3. The van der Waals surface area contributed by atoms with Crippen LogP contribution in [0, 0.1) is 11.8 Å². The van der Waals surface area contributed by atoms with E-state index in [4.69, 9.17) is 11.6 Å². The predicted octanol–water partition coefficient (Wildman–Crippen LogP) is 3.63. The number of amides is 1. The van der Waals surface area contributed by atoms with Crippen LogP contribution in [0.4, 0.5) is 0 Å². The van der Waals surface area contributed by atoms with Gasteiger partial charge in [-0.15, -0.1) is 0 Å². The van der Waals surface area contributed by atoms with Crippen LogP contribution in [0.5, 0.6) is 0 Å². The summed E-state index contributed by atoms with van der Waals surface area (Å²) in [5.74, 6) is 1.42. The molecule has 1 amide bonds. The minimum atomic E-state index is -0.490. The van der Waals surface area contributed by atoms with Gasteiger partial charge in [0.2, 0.25) is 5.91 Å². The first kappa shape index (κ1) is 24.5. The van der Waals surface area contributed by atoms with E-state index < -0.39 is 6.10 Å². The number of benzene rings is 1. The SMILES string of the molecule is CC(C)(C)NC(=O)[C@@H]1C[C@@H]2CCCC[C@@H]2CN1C[C@H](O)CNCCc1ccc(Cl)cc1. The van der Waals surface area contributed by atoms with Crippen molar-refractivity contribution in [2.75, 3.05) is 26.2 Å². The van der Waals surface area contributed by atoms with Crippen molar-refractivity contribution in [3.05, 3.63) is 34.9 Å². The van der Waals surface area contributed by atoms with Crippen LogP contribution in [0.25, 0.3) is 0 Å². The van der Waals surface area contributed by atoms with Gasteiger partial charge in [0.25, 0.3) is 0 Å². The van der Waals surface area contributed by atoms with Crippen LogP contribution in [0.1, 0.15) is 58.4 Å². The molecule has 3 N–H and O–H groups in total. The van der Waals surface area contributed by atoms with Crippen molar-refractivity contribution >= 4 is 17.5 Å². The molecule has 3 rings (SSSR count). The van der Waals surface area contributed by atoms with Crippen LogP contribution in [0.15, 0.2) is 24.3 Å². The van der Waals surface area contributed by atoms with Gasteiger partial charge >= 0.3 is 0 Å². The lowest BCUT2D eigenvalue weighted by Gasteiger charge is -2.46. The van der Waals surface area contributed by atoms with Gasteiger partial charge < -0.3 is 15.7 Å². The number of piperidine rings is 1. The van der Waals surface area contributed by atoms with Crippen molar-refractivity contribution in [2.24, 2.45) is 11.8 Å².